The van der Waals surface area contributed by atoms with Gasteiger partial charge in [-0.15, -0.1) is 0 Å². The summed E-state index contributed by atoms with van der Waals surface area (Å²) in [6.45, 7) is 7.31. The summed E-state index contributed by atoms with van der Waals surface area (Å²) >= 11 is 6.18. The van der Waals surface area contributed by atoms with E-state index in [1.807, 2.05) is 6.07 Å². The molecule has 0 saturated carbocycles. The minimum Gasteiger partial charge on any atom is -0.487 e. The second kappa shape index (κ2) is 4.64. The Hall–Kier alpha value is -0.730. The number of hydrogen-bond acceptors (Lipinski definition) is 2. The van der Waals surface area contributed by atoms with Gasteiger partial charge >= 0.3 is 0 Å². The average molecular weight is 240 g/mol. The molecule has 0 bridgehead atoms. The van der Waals surface area contributed by atoms with Crippen LogP contribution in [-0.2, 0) is 0 Å². The van der Waals surface area contributed by atoms with E-state index in [0.717, 1.165) is 23.7 Å². The van der Waals surface area contributed by atoms with E-state index in [1.165, 1.54) is 11.1 Å². The van der Waals surface area contributed by atoms with Gasteiger partial charge in [-0.1, -0.05) is 31.5 Å². The monoisotopic (exact) mass is 239 g/mol. The molecule has 2 nitrogen and oxygen atoms in total. The lowest BCUT2D eigenvalue weighted by atomic mass is 9.97. The van der Waals surface area contributed by atoms with Gasteiger partial charge < -0.3 is 10.1 Å². The highest BCUT2D eigenvalue weighted by Crippen LogP contribution is 2.44. The molecule has 2 atom stereocenters. The van der Waals surface area contributed by atoms with E-state index in [2.05, 4.69) is 32.2 Å². The molecule has 1 aromatic carbocycles. The Kier molecular flexibility index (Phi) is 3.41. The summed E-state index contributed by atoms with van der Waals surface area (Å²) in [6, 6.07) is 4.26. The predicted molar refractivity (Wildman–Crippen MR) is 67.3 cm³/mol. The summed E-state index contributed by atoms with van der Waals surface area (Å²) in [7, 11) is 0. The van der Waals surface area contributed by atoms with Crippen LogP contribution in [0.2, 0.25) is 5.02 Å². The van der Waals surface area contributed by atoms with Crippen LogP contribution in [0.4, 0.5) is 0 Å². The molecule has 0 fully saturated rings. The van der Waals surface area contributed by atoms with Crippen molar-refractivity contribution >= 4 is 11.6 Å². The third-order valence-corrected chi connectivity index (χ3v) is 3.44. The second-order valence-electron chi connectivity index (χ2n) is 4.21. The molecule has 0 aromatic heterocycles. The minimum atomic E-state index is 0.202. The lowest BCUT2D eigenvalue weighted by molar-refractivity contribution is 0.186. The van der Waals surface area contributed by atoms with Crippen LogP contribution in [0, 0.1) is 6.92 Å². The Morgan fingerprint density at radius 1 is 1.38 bits per heavy atom. The molecular formula is C13H18ClNO. The fourth-order valence-electron chi connectivity index (χ4n) is 2.36. The van der Waals surface area contributed by atoms with E-state index in [1.54, 1.807) is 0 Å². The number of benzene rings is 1. The van der Waals surface area contributed by atoms with Crippen LogP contribution < -0.4 is 10.1 Å². The first-order valence-electron chi connectivity index (χ1n) is 5.88. The summed E-state index contributed by atoms with van der Waals surface area (Å²) < 4.78 is 5.94. The second-order valence-corrected chi connectivity index (χ2v) is 4.61. The maximum atomic E-state index is 6.18. The van der Waals surface area contributed by atoms with Gasteiger partial charge in [0.1, 0.15) is 11.9 Å². The molecule has 2 rings (SSSR count). The third-order valence-electron chi connectivity index (χ3n) is 3.14. The van der Waals surface area contributed by atoms with Crippen molar-refractivity contribution < 1.29 is 4.74 Å². The van der Waals surface area contributed by atoms with Crippen molar-refractivity contribution in [3.8, 4) is 5.75 Å². The van der Waals surface area contributed by atoms with Crippen LogP contribution in [0.25, 0.3) is 0 Å². The Bertz CT molecular complexity index is 392. The molecule has 1 N–H and O–H groups in total. The third kappa shape index (κ3) is 1.80. The van der Waals surface area contributed by atoms with Gasteiger partial charge in [0.25, 0.3) is 0 Å². The maximum Gasteiger partial charge on any atom is 0.143 e. The van der Waals surface area contributed by atoms with Crippen LogP contribution in [0.1, 0.15) is 37.4 Å². The van der Waals surface area contributed by atoms with E-state index in [4.69, 9.17) is 16.3 Å². The van der Waals surface area contributed by atoms with Crippen molar-refractivity contribution in [3.63, 3.8) is 0 Å². The summed E-state index contributed by atoms with van der Waals surface area (Å²) in [4.78, 5) is 0. The molecule has 16 heavy (non-hydrogen) atoms. The first kappa shape index (κ1) is 11.7. The molecule has 1 aliphatic heterocycles. The molecule has 88 valence electrons. The first-order chi connectivity index (χ1) is 7.69. The first-order valence-corrected chi connectivity index (χ1v) is 6.25. The number of hydrogen-bond donors (Lipinski definition) is 1. The number of halogens is 1. The van der Waals surface area contributed by atoms with Crippen LogP contribution in [0.5, 0.6) is 5.75 Å². The average Bonchev–Trinajstić information content (AvgIpc) is 2.64. The van der Waals surface area contributed by atoms with Crippen molar-refractivity contribution in [2.24, 2.45) is 0 Å². The molecule has 0 spiro atoms. The van der Waals surface area contributed by atoms with Crippen molar-refractivity contribution in [3.05, 3.63) is 28.3 Å². The normalized spacial score (nSPS) is 23.0. The summed E-state index contributed by atoms with van der Waals surface area (Å²) in [6.07, 6.45) is 1.19. The molecular weight excluding hydrogens is 222 g/mol. The van der Waals surface area contributed by atoms with Crippen molar-refractivity contribution in [2.75, 3.05) is 6.54 Å². The van der Waals surface area contributed by atoms with Gasteiger partial charge in [0.15, 0.2) is 0 Å². The Morgan fingerprint density at radius 2 is 2.12 bits per heavy atom. The van der Waals surface area contributed by atoms with Crippen molar-refractivity contribution in [1.29, 1.82) is 0 Å². The predicted octanol–water partition coefficient (Wildman–Crippen LogP) is 3.47. The zero-order chi connectivity index (χ0) is 11.7. The van der Waals surface area contributed by atoms with E-state index >= 15 is 0 Å². The molecule has 1 heterocycles. The van der Waals surface area contributed by atoms with E-state index in [0.29, 0.717) is 0 Å². The van der Waals surface area contributed by atoms with Gasteiger partial charge in [0.05, 0.1) is 11.1 Å². The maximum absolute atomic E-state index is 6.18. The molecule has 0 amide bonds. The molecule has 0 aliphatic carbocycles. The number of fused-ring (bicyclic) bond motifs is 1. The molecule has 0 radical (unpaired) electrons. The van der Waals surface area contributed by atoms with Crippen LogP contribution in [0.3, 0.4) is 0 Å². The highest BCUT2D eigenvalue weighted by atomic mass is 35.5. The molecule has 1 aromatic rings. The number of aryl methyl sites for hydroxylation is 1. The van der Waals surface area contributed by atoms with Crippen molar-refractivity contribution in [1.82, 2.24) is 5.32 Å². The lowest BCUT2D eigenvalue weighted by Crippen LogP contribution is -2.30. The van der Waals surface area contributed by atoms with Crippen molar-refractivity contribution in [2.45, 2.75) is 39.3 Å². The van der Waals surface area contributed by atoms with Gasteiger partial charge in [0.2, 0.25) is 0 Å². The standard InChI is InChI=1S/C13H18ClNO/c1-4-10-12(15-5-2)11-8(3)6-7-9(14)13(11)16-10/h6-7,10,12,15H,4-5H2,1-3H3. The summed E-state index contributed by atoms with van der Waals surface area (Å²) in [5.74, 6) is 0.875. The Balaban J connectivity index is 2.45. The summed E-state index contributed by atoms with van der Waals surface area (Å²) in [5.41, 5.74) is 2.49. The minimum absolute atomic E-state index is 0.202. The number of ether oxygens (including phenoxy) is 1. The Labute approximate surface area is 102 Å². The molecule has 2 unspecified atom stereocenters. The smallest absolute Gasteiger partial charge is 0.143 e. The quantitative estimate of drug-likeness (QED) is 0.872. The SMILES string of the molecule is CCNC1c2c(C)ccc(Cl)c2OC1CC. The highest BCUT2D eigenvalue weighted by molar-refractivity contribution is 6.32. The topological polar surface area (TPSA) is 21.3 Å². The van der Waals surface area contributed by atoms with Crippen LogP contribution in [-0.4, -0.2) is 12.6 Å². The largest absolute Gasteiger partial charge is 0.487 e. The number of nitrogens with one attached hydrogen (secondary N) is 1. The van der Waals surface area contributed by atoms with E-state index < -0.39 is 0 Å². The lowest BCUT2D eigenvalue weighted by Gasteiger charge is -2.18. The van der Waals surface area contributed by atoms with Gasteiger partial charge in [-0.25, -0.2) is 0 Å². The Morgan fingerprint density at radius 3 is 2.75 bits per heavy atom. The number of likely N-dealkylation sites (N-methyl/N-ethyl adjacent to an activating group) is 1. The van der Waals surface area contributed by atoms with Gasteiger partial charge in [-0.3, -0.25) is 0 Å². The molecule has 3 heteroatoms. The van der Waals surface area contributed by atoms with Gasteiger partial charge in [0, 0.05) is 5.56 Å². The zero-order valence-electron chi connectivity index (χ0n) is 10.0. The highest BCUT2D eigenvalue weighted by Gasteiger charge is 2.35. The molecule has 0 saturated heterocycles. The zero-order valence-corrected chi connectivity index (χ0v) is 10.8. The van der Waals surface area contributed by atoms with E-state index in [9.17, 15) is 0 Å². The fraction of sp³-hybridized carbons (Fsp3) is 0.538. The molecule has 1 aliphatic rings. The van der Waals surface area contributed by atoms with E-state index in [-0.39, 0.29) is 12.1 Å². The number of rotatable bonds is 3. The fourth-order valence-corrected chi connectivity index (χ4v) is 2.56. The van der Waals surface area contributed by atoms with Gasteiger partial charge in [-0.2, -0.15) is 0 Å². The van der Waals surface area contributed by atoms with Crippen LogP contribution in [0.15, 0.2) is 12.1 Å². The summed E-state index contributed by atoms with van der Waals surface area (Å²) in [5, 5.41) is 4.21. The van der Waals surface area contributed by atoms with Crippen LogP contribution >= 0.6 is 11.6 Å². The van der Waals surface area contributed by atoms with Gasteiger partial charge in [-0.05, 0) is 31.5 Å².